The zero-order valence-electron chi connectivity index (χ0n) is 22.7. The lowest BCUT2D eigenvalue weighted by Crippen LogP contribution is -2.40. The van der Waals surface area contributed by atoms with Crippen LogP contribution in [0.3, 0.4) is 0 Å². The number of halogens is 1. The Morgan fingerprint density at radius 3 is 2.67 bits per heavy atom. The van der Waals surface area contributed by atoms with E-state index in [1.165, 1.54) is 15.9 Å². The molecule has 5 rings (SSSR count). The quantitative estimate of drug-likeness (QED) is 0.349. The van der Waals surface area contributed by atoms with E-state index in [-0.39, 0.29) is 17.7 Å². The zero-order chi connectivity index (χ0) is 28.4. The number of fused-ring (bicyclic) bond motifs is 1. The van der Waals surface area contributed by atoms with E-state index in [2.05, 4.69) is 25.8 Å². The minimum Gasteiger partial charge on any atom is -0.493 e. The molecule has 0 aliphatic carbocycles. The Labute approximate surface area is 243 Å². The minimum absolute atomic E-state index is 0.185. The second-order valence-electron chi connectivity index (χ2n) is 9.04. The van der Waals surface area contributed by atoms with Crippen molar-refractivity contribution in [3.8, 4) is 11.5 Å². The molecule has 4 heterocycles. The Morgan fingerprint density at radius 2 is 1.98 bits per heavy atom. The lowest BCUT2D eigenvalue weighted by Gasteiger charge is -2.26. The summed E-state index contributed by atoms with van der Waals surface area (Å²) < 4.78 is 30.8. The Bertz CT molecular complexity index is 1630. The predicted octanol–water partition coefficient (Wildman–Crippen LogP) is 3.40. The molecular weight excluding hydrogens is 602 g/mol. The maximum absolute atomic E-state index is 13.9. The van der Waals surface area contributed by atoms with Crippen LogP contribution in [-0.2, 0) is 14.3 Å². The predicted molar refractivity (Wildman–Crippen MR) is 154 cm³/mol. The van der Waals surface area contributed by atoms with Crippen LogP contribution < -0.4 is 29.3 Å². The molecule has 0 unspecified atom stereocenters. The van der Waals surface area contributed by atoms with Gasteiger partial charge in [-0.1, -0.05) is 27.3 Å². The van der Waals surface area contributed by atoms with Gasteiger partial charge in [-0.3, -0.25) is 9.36 Å². The van der Waals surface area contributed by atoms with Gasteiger partial charge in [0.25, 0.3) is 5.56 Å². The highest BCUT2D eigenvalue weighted by Gasteiger charge is 2.35. The number of benzene rings is 1. The molecule has 2 aliphatic rings. The molecule has 0 saturated carbocycles. The van der Waals surface area contributed by atoms with Crippen molar-refractivity contribution in [2.45, 2.75) is 26.8 Å². The minimum atomic E-state index is -0.808. The largest absolute Gasteiger partial charge is 0.493 e. The number of aromatic nitrogens is 1. The number of anilines is 1. The van der Waals surface area contributed by atoms with Gasteiger partial charge in [-0.2, -0.15) is 0 Å². The number of hydrogen-bond donors (Lipinski definition) is 0. The first kappa shape index (κ1) is 28.2. The fraction of sp³-hybridized carbons (Fsp3) is 0.393. The number of methoxy groups -OCH3 is 1. The van der Waals surface area contributed by atoms with E-state index in [9.17, 15) is 9.59 Å². The average molecular weight is 633 g/mol. The number of rotatable bonds is 8. The third-order valence-corrected chi connectivity index (χ3v) is 8.27. The number of hydrogen-bond acceptors (Lipinski definition) is 10. The van der Waals surface area contributed by atoms with Crippen LogP contribution >= 0.6 is 27.3 Å². The first-order valence-electron chi connectivity index (χ1n) is 13.0. The Hall–Kier alpha value is -3.35. The highest BCUT2D eigenvalue weighted by molar-refractivity contribution is 9.10. The number of morpholine rings is 1. The second-order valence-corrected chi connectivity index (χ2v) is 10.9. The third-order valence-electron chi connectivity index (χ3n) is 6.60. The summed E-state index contributed by atoms with van der Waals surface area (Å²) in [5.41, 5.74) is 1.09. The number of carbonyl (C=O) groups excluding carboxylic acids is 1. The van der Waals surface area contributed by atoms with Gasteiger partial charge in [-0.15, -0.1) is 0 Å². The van der Waals surface area contributed by atoms with Gasteiger partial charge in [0.05, 0.1) is 55.4 Å². The first-order chi connectivity index (χ1) is 19.4. The lowest BCUT2D eigenvalue weighted by molar-refractivity contribution is -0.139. The average Bonchev–Trinajstić information content (AvgIpc) is 3.53. The summed E-state index contributed by atoms with van der Waals surface area (Å²) in [7, 11) is 1.54. The topological polar surface area (TPSA) is 105 Å². The van der Waals surface area contributed by atoms with Gasteiger partial charge < -0.3 is 28.3 Å². The molecule has 2 aromatic heterocycles. The molecule has 1 aromatic carbocycles. The molecule has 0 spiro atoms. The maximum Gasteiger partial charge on any atom is 0.338 e. The SMILES string of the molecule is CCOC(=O)C1=C(C)N=c2s/c(=C/c3ccc(N4CCOCC4)o3)c(=O)n2[C@H]1c1cc(OC)c(OCC)cc1Br. The van der Waals surface area contributed by atoms with Crippen LogP contribution in [0.25, 0.3) is 6.08 Å². The number of nitrogens with zero attached hydrogens (tertiary/aromatic N) is 3. The van der Waals surface area contributed by atoms with Gasteiger partial charge in [-0.25, -0.2) is 9.79 Å². The second kappa shape index (κ2) is 12.0. The Balaban J connectivity index is 1.65. The van der Waals surface area contributed by atoms with E-state index in [1.54, 1.807) is 39.2 Å². The third kappa shape index (κ3) is 5.35. The fourth-order valence-corrected chi connectivity index (χ4v) is 6.34. The summed E-state index contributed by atoms with van der Waals surface area (Å²) in [5.74, 6) is 1.76. The summed E-state index contributed by atoms with van der Waals surface area (Å²) >= 11 is 4.88. The van der Waals surface area contributed by atoms with Crippen molar-refractivity contribution < 1.29 is 28.2 Å². The Kier molecular flexibility index (Phi) is 8.48. The molecule has 1 fully saturated rings. The standard InChI is InChI=1S/C28H30BrN3O7S/c1-5-37-21-15-19(29)18(14-20(21)35-4)25-24(27(34)38-6-2)16(3)30-28-32(25)26(33)22(40-28)13-17-7-8-23(39-17)31-9-11-36-12-10-31/h7-8,13-15,25H,5-6,9-12H2,1-4H3/b22-13+/t25-/m0/s1. The van der Waals surface area contributed by atoms with Crippen LogP contribution in [-0.4, -0.2) is 57.2 Å². The molecular formula is C28H30BrN3O7S. The summed E-state index contributed by atoms with van der Waals surface area (Å²) in [5, 5.41) is 0. The van der Waals surface area contributed by atoms with Gasteiger partial charge >= 0.3 is 5.97 Å². The number of thiazole rings is 1. The van der Waals surface area contributed by atoms with Crippen LogP contribution in [0.5, 0.6) is 11.5 Å². The van der Waals surface area contributed by atoms with Crippen molar-refractivity contribution in [2.75, 3.05) is 51.5 Å². The van der Waals surface area contributed by atoms with Gasteiger partial charge in [0, 0.05) is 29.7 Å². The normalized spacial score (nSPS) is 17.5. The molecule has 40 heavy (non-hydrogen) atoms. The van der Waals surface area contributed by atoms with Gasteiger partial charge in [0.2, 0.25) is 0 Å². The smallest absolute Gasteiger partial charge is 0.338 e. The van der Waals surface area contributed by atoms with E-state index in [4.69, 9.17) is 23.4 Å². The van der Waals surface area contributed by atoms with Gasteiger partial charge in [0.15, 0.2) is 22.2 Å². The molecule has 10 nitrogen and oxygen atoms in total. The van der Waals surface area contributed by atoms with E-state index in [0.29, 0.717) is 62.1 Å². The van der Waals surface area contributed by atoms with E-state index in [0.717, 1.165) is 19.0 Å². The number of furan rings is 1. The van der Waals surface area contributed by atoms with Crippen LogP contribution in [0.4, 0.5) is 5.88 Å². The van der Waals surface area contributed by atoms with E-state index >= 15 is 0 Å². The summed E-state index contributed by atoms with van der Waals surface area (Å²) in [6.07, 6.45) is 1.71. The van der Waals surface area contributed by atoms with E-state index in [1.807, 2.05) is 19.1 Å². The van der Waals surface area contributed by atoms with E-state index < -0.39 is 12.0 Å². The van der Waals surface area contributed by atoms with Crippen molar-refractivity contribution in [3.05, 3.63) is 71.0 Å². The van der Waals surface area contributed by atoms with Crippen molar-refractivity contribution in [1.29, 1.82) is 0 Å². The molecule has 2 aliphatic heterocycles. The van der Waals surface area contributed by atoms with Crippen LogP contribution in [0.15, 0.2) is 54.2 Å². The summed E-state index contributed by atoms with van der Waals surface area (Å²) in [6.45, 7) is 8.77. The molecule has 0 radical (unpaired) electrons. The van der Waals surface area contributed by atoms with Crippen LogP contribution in [0.2, 0.25) is 0 Å². The molecule has 0 bridgehead atoms. The molecule has 12 heteroatoms. The Morgan fingerprint density at radius 1 is 1.20 bits per heavy atom. The number of ether oxygens (including phenoxy) is 4. The molecule has 212 valence electrons. The summed E-state index contributed by atoms with van der Waals surface area (Å²) in [4.78, 5) is 34.4. The molecule has 1 atom stereocenters. The molecule has 0 amide bonds. The number of carbonyl (C=O) groups is 1. The highest BCUT2D eigenvalue weighted by Crippen LogP contribution is 2.41. The maximum atomic E-state index is 13.9. The molecule has 3 aromatic rings. The van der Waals surface area contributed by atoms with Gasteiger partial charge in [-0.05, 0) is 44.5 Å². The van der Waals surface area contributed by atoms with Crippen molar-refractivity contribution in [1.82, 2.24) is 4.57 Å². The fourth-order valence-electron chi connectivity index (χ4n) is 4.78. The number of allylic oxidation sites excluding steroid dienone is 1. The van der Waals surface area contributed by atoms with Crippen LogP contribution in [0, 0.1) is 0 Å². The zero-order valence-corrected chi connectivity index (χ0v) is 25.1. The highest BCUT2D eigenvalue weighted by atomic mass is 79.9. The van der Waals surface area contributed by atoms with Crippen LogP contribution in [0.1, 0.15) is 38.1 Å². The van der Waals surface area contributed by atoms with Crippen molar-refractivity contribution in [2.24, 2.45) is 4.99 Å². The van der Waals surface area contributed by atoms with Crippen molar-refractivity contribution >= 4 is 45.2 Å². The van der Waals surface area contributed by atoms with Gasteiger partial charge in [0.1, 0.15) is 5.76 Å². The lowest BCUT2D eigenvalue weighted by atomic mass is 9.95. The molecule has 0 N–H and O–H groups in total. The number of esters is 1. The molecule has 1 saturated heterocycles. The first-order valence-corrected chi connectivity index (χ1v) is 14.6. The summed E-state index contributed by atoms with van der Waals surface area (Å²) in [6, 6.07) is 6.47. The monoisotopic (exact) mass is 631 g/mol. The van der Waals surface area contributed by atoms with Crippen molar-refractivity contribution in [3.63, 3.8) is 0 Å².